The van der Waals surface area contributed by atoms with Crippen molar-refractivity contribution < 1.29 is 9.53 Å². The van der Waals surface area contributed by atoms with E-state index >= 15 is 0 Å². The molecular weight excluding hydrogens is 412 g/mol. The minimum Gasteiger partial charge on any atom is -0.490 e. The van der Waals surface area contributed by atoms with Gasteiger partial charge < -0.3 is 15.0 Å². The topological polar surface area (TPSA) is 67.3 Å². The summed E-state index contributed by atoms with van der Waals surface area (Å²) < 4.78 is 6.19. The van der Waals surface area contributed by atoms with E-state index in [1.807, 2.05) is 31.2 Å². The summed E-state index contributed by atoms with van der Waals surface area (Å²) in [5, 5.41) is 3.02. The second kappa shape index (κ2) is 11.6. The number of nitrogens with zero attached hydrogens (tertiary/aromatic N) is 3. The highest BCUT2D eigenvalue weighted by molar-refractivity contribution is 5.94. The summed E-state index contributed by atoms with van der Waals surface area (Å²) in [6.45, 7) is 5.18. The van der Waals surface area contributed by atoms with Gasteiger partial charge in [0.15, 0.2) is 0 Å². The Bertz CT molecular complexity index is 988. The minimum absolute atomic E-state index is 0.0304. The van der Waals surface area contributed by atoms with Gasteiger partial charge in [0.1, 0.15) is 11.9 Å². The van der Waals surface area contributed by atoms with Crippen LogP contribution >= 0.6 is 0 Å². The van der Waals surface area contributed by atoms with Crippen LogP contribution in [0.15, 0.2) is 73.2 Å². The molecule has 1 atom stereocenters. The lowest BCUT2D eigenvalue weighted by Crippen LogP contribution is -2.39. The van der Waals surface area contributed by atoms with Crippen LogP contribution in [0.5, 0.6) is 5.75 Å². The fourth-order valence-electron chi connectivity index (χ4n) is 4.17. The van der Waals surface area contributed by atoms with Crippen molar-refractivity contribution in [1.29, 1.82) is 0 Å². The smallest absolute Gasteiger partial charge is 0.251 e. The third-order valence-electron chi connectivity index (χ3n) is 6.02. The number of piperidine rings is 1. The molecule has 33 heavy (non-hydrogen) atoms. The molecule has 0 bridgehead atoms. The van der Waals surface area contributed by atoms with Crippen LogP contribution in [0.3, 0.4) is 0 Å². The predicted molar refractivity (Wildman–Crippen MR) is 129 cm³/mol. The fraction of sp³-hybridized carbons (Fsp3) is 0.370. The quantitative estimate of drug-likeness (QED) is 0.542. The van der Waals surface area contributed by atoms with Gasteiger partial charge in [-0.3, -0.25) is 14.8 Å². The van der Waals surface area contributed by atoms with Gasteiger partial charge in [0.2, 0.25) is 0 Å². The number of aromatic nitrogens is 2. The fourth-order valence-corrected chi connectivity index (χ4v) is 4.17. The highest BCUT2D eigenvalue weighted by Crippen LogP contribution is 2.20. The molecule has 1 aromatic heterocycles. The first-order chi connectivity index (χ1) is 16.2. The maximum absolute atomic E-state index is 12.6. The SMILES string of the molecule is C[C@@H](Cc1cnccn1)NC(=O)c1ccc(OC2CCN(CCc3ccccc3)CC2)cc1. The Kier molecular flexibility index (Phi) is 8.04. The maximum Gasteiger partial charge on any atom is 0.251 e. The molecule has 0 spiro atoms. The molecule has 0 saturated carbocycles. The largest absolute Gasteiger partial charge is 0.490 e. The summed E-state index contributed by atoms with van der Waals surface area (Å²) >= 11 is 0. The Hall–Kier alpha value is -3.25. The average molecular weight is 445 g/mol. The van der Waals surface area contributed by atoms with E-state index in [0.29, 0.717) is 12.0 Å². The van der Waals surface area contributed by atoms with Crippen LogP contribution in [0.2, 0.25) is 0 Å². The molecule has 0 radical (unpaired) electrons. The zero-order chi connectivity index (χ0) is 22.9. The second-order valence-corrected chi connectivity index (χ2v) is 8.69. The summed E-state index contributed by atoms with van der Waals surface area (Å²) in [5.74, 6) is 0.728. The van der Waals surface area contributed by atoms with Gasteiger partial charge in [-0.1, -0.05) is 30.3 Å². The van der Waals surface area contributed by atoms with Crippen LogP contribution in [0.4, 0.5) is 0 Å². The highest BCUT2D eigenvalue weighted by atomic mass is 16.5. The van der Waals surface area contributed by atoms with Gasteiger partial charge in [-0.05, 0) is 56.0 Å². The van der Waals surface area contributed by atoms with Crippen molar-refractivity contribution in [3.63, 3.8) is 0 Å². The molecule has 3 aromatic rings. The molecule has 1 saturated heterocycles. The van der Waals surface area contributed by atoms with Crippen molar-refractivity contribution in [3.8, 4) is 5.75 Å². The number of ether oxygens (including phenoxy) is 1. The Morgan fingerprint density at radius 1 is 1.09 bits per heavy atom. The number of carbonyl (C=O) groups excluding carboxylic acids is 1. The number of hydrogen-bond donors (Lipinski definition) is 1. The molecule has 6 nitrogen and oxygen atoms in total. The lowest BCUT2D eigenvalue weighted by atomic mass is 10.1. The van der Waals surface area contributed by atoms with Crippen LogP contribution in [0, 0.1) is 0 Å². The van der Waals surface area contributed by atoms with Crippen LogP contribution in [0.25, 0.3) is 0 Å². The third-order valence-corrected chi connectivity index (χ3v) is 6.02. The first-order valence-electron chi connectivity index (χ1n) is 11.7. The molecule has 4 rings (SSSR count). The summed E-state index contributed by atoms with van der Waals surface area (Å²) in [5.41, 5.74) is 2.88. The summed E-state index contributed by atoms with van der Waals surface area (Å²) in [7, 11) is 0. The van der Waals surface area contributed by atoms with E-state index in [0.717, 1.165) is 50.3 Å². The molecule has 1 amide bonds. The van der Waals surface area contributed by atoms with E-state index in [1.54, 1.807) is 18.6 Å². The molecule has 1 fully saturated rings. The average Bonchev–Trinajstić information content (AvgIpc) is 2.85. The first-order valence-corrected chi connectivity index (χ1v) is 11.7. The number of benzene rings is 2. The summed E-state index contributed by atoms with van der Waals surface area (Å²) in [6.07, 6.45) is 9.04. The van der Waals surface area contributed by atoms with Gasteiger partial charge in [-0.15, -0.1) is 0 Å². The van der Waals surface area contributed by atoms with Crippen LogP contribution in [0.1, 0.15) is 41.4 Å². The summed E-state index contributed by atoms with van der Waals surface area (Å²) in [6, 6.07) is 18.1. The van der Waals surface area contributed by atoms with Gasteiger partial charge in [0, 0.05) is 56.3 Å². The lowest BCUT2D eigenvalue weighted by molar-refractivity contribution is 0.0939. The number of carbonyl (C=O) groups is 1. The lowest BCUT2D eigenvalue weighted by Gasteiger charge is -2.32. The van der Waals surface area contributed by atoms with E-state index in [-0.39, 0.29) is 18.1 Å². The third kappa shape index (κ3) is 7.12. The summed E-state index contributed by atoms with van der Waals surface area (Å²) in [4.78, 5) is 23.4. The molecule has 172 valence electrons. The van der Waals surface area contributed by atoms with Crippen molar-refractivity contribution in [2.75, 3.05) is 19.6 Å². The van der Waals surface area contributed by atoms with Gasteiger partial charge in [-0.2, -0.15) is 0 Å². The Balaban J connectivity index is 1.19. The van der Waals surface area contributed by atoms with Crippen LogP contribution in [-0.4, -0.2) is 52.6 Å². The molecule has 1 N–H and O–H groups in total. The van der Waals surface area contributed by atoms with Gasteiger partial charge in [-0.25, -0.2) is 0 Å². The van der Waals surface area contributed by atoms with Gasteiger partial charge in [0.05, 0.1) is 5.69 Å². The second-order valence-electron chi connectivity index (χ2n) is 8.69. The molecule has 1 aliphatic rings. The monoisotopic (exact) mass is 444 g/mol. The molecule has 0 aliphatic carbocycles. The van der Waals surface area contributed by atoms with Crippen molar-refractivity contribution >= 4 is 5.91 Å². The van der Waals surface area contributed by atoms with E-state index in [2.05, 4.69) is 50.5 Å². The molecule has 6 heteroatoms. The zero-order valence-corrected chi connectivity index (χ0v) is 19.2. The predicted octanol–water partition coefficient (Wildman–Crippen LogP) is 3.92. The number of nitrogens with one attached hydrogen (secondary N) is 1. The number of rotatable bonds is 9. The van der Waals surface area contributed by atoms with E-state index in [9.17, 15) is 4.79 Å². The standard InChI is InChI=1S/C27H32N4O2/c1-21(19-24-20-28-14-15-29-24)30-27(32)23-7-9-25(10-8-23)33-26-12-17-31(18-13-26)16-11-22-5-3-2-4-6-22/h2-10,14-15,20-21,26H,11-13,16-19H2,1H3,(H,30,32)/t21-/m0/s1. The molecule has 2 heterocycles. The van der Waals surface area contributed by atoms with Crippen LogP contribution in [-0.2, 0) is 12.8 Å². The number of hydrogen-bond acceptors (Lipinski definition) is 5. The highest BCUT2D eigenvalue weighted by Gasteiger charge is 2.20. The van der Waals surface area contributed by atoms with E-state index in [1.165, 1.54) is 5.56 Å². The van der Waals surface area contributed by atoms with E-state index in [4.69, 9.17) is 4.74 Å². The van der Waals surface area contributed by atoms with Crippen LogP contribution < -0.4 is 10.1 Å². The maximum atomic E-state index is 12.6. The van der Waals surface area contributed by atoms with Crippen molar-refractivity contribution in [2.24, 2.45) is 0 Å². The van der Waals surface area contributed by atoms with Crippen molar-refractivity contribution in [1.82, 2.24) is 20.2 Å². The Morgan fingerprint density at radius 3 is 2.55 bits per heavy atom. The van der Waals surface area contributed by atoms with Gasteiger partial charge in [0.25, 0.3) is 5.91 Å². The van der Waals surface area contributed by atoms with Gasteiger partial charge >= 0.3 is 0 Å². The van der Waals surface area contributed by atoms with Crippen molar-refractivity contribution in [3.05, 3.63) is 90.0 Å². The Labute approximate surface area is 196 Å². The Morgan fingerprint density at radius 2 is 1.85 bits per heavy atom. The zero-order valence-electron chi connectivity index (χ0n) is 19.2. The number of amides is 1. The van der Waals surface area contributed by atoms with E-state index < -0.39 is 0 Å². The molecular formula is C27H32N4O2. The first kappa shape index (κ1) is 22.9. The normalized spacial score (nSPS) is 15.7. The minimum atomic E-state index is -0.0929. The number of likely N-dealkylation sites (tertiary alicyclic amines) is 1. The molecule has 1 aliphatic heterocycles. The van der Waals surface area contributed by atoms with Crippen molar-refractivity contribution in [2.45, 2.75) is 44.8 Å². The molecule has 2 aromatic carbocycles. The molecule has 0 unspecified atom stereocenters.